The van der Waals surface area contributed by atoms with Gasteiger partial charge in [-0.05, 0) is 42.5 Å². The molecule has 0 amide bonds. The van der Waals surface area contributed by atoms with Crippen LogP contribution >= 0.6 is 0 Å². The van der Waals surface area contributed by atoms with Crippen molar-refractivity contribution in [1.82, 2.24) is 4.98 Å². The summed E-state index contributed by atoms with van der Waals surface area (Å²) in [6.45, 7) is 2.35. The van der Waals surface area contributed by atoms with E-state index in [1.54, 1.807) is 12.1 Å². The van der Waals surface area contributed by atoms with Crippen molar-refractivity contribution in [2.75, 3.05) is 31.2 Å². The first-order valence-corrected chi connectivity index (χ1v) is 9.51. The predicted molar refractivity (Wildman–Crippen MR) is 104 cm³/mol. The van der Waals surface area contributed by atoms with Crippen molar-refractivity contribution in [3.8, 4) is 5.75 Å². The highest BCUT2D eigenvalue weighted by molar-refractivity contribution is 5.80. The first-order chi connectivity index (χ1) is 13.7. The summed E-state index contributed by atoms with van der Waals surface area (Å²) in [5.74, 6) is 1.28. The van der Waals surface area contributed by atoms with Gasteiger partial charge in [0.15, 0.2) is 0 Å². The third kappa shape index (κ3) is 3.53. The summed E-state index contributed by atoms with van der Waals surface area (Å²) in [6, 6.07) is 18.3. The number of hydrogen-bond donors (Lipinski definition) is 0. The van der Waals surface area contributed by atoms with Crippen LogP contribution in [0.2, 0.25) is 0 Å². The van der Waals surface area contributed by atoms with Crippen LogP contribution in [0.3, 0.4) is 0 Å². The van der Waals surface area contributed by atoms with Crippen LogP contribution in [-0.4, -0.2) is 49.6 Å². The Kier molecular flexibility index (Phi) is 4.58. The lowest BCUT2D eigenvalue weighted by molar-refractivity contribution is -0.00461. The molecular weight excluding hydrogens is 359 g/mol. The Labute approximate surface area is 162 Å². The summed E-state index contributed by atoms with van der Waals surface area (Å²) in [7, 11) is 0. The number of halogens is 1. The fraction of sp³-hybridized carbons (Fsp3) is 0.318. The van der Waals surface area contributed by atoms with E-state index in [9.17, 15) is 4.39 Å². The van der Waals surface area contributed by atoms with Crippen molar-refractivity contribution >= 4 is 16.7 Å². The van der Waals surface area contributed by atoms with Crippen molar-refractivity contribution in [3.05, 3.63) is 66.5 Å². The van der Waals surface area contributed by atoms with Crippen molar-refractivity contribution in [2.24, 2.45) is 0 Å². The molecule has 1 aromatic heterocycles. The second-order valence-electron chi connectivity index (χ2n) is 7.20. The monoisotopic (exact) mass is 380 g/mol. The third-order valence-electron chi connectivity index (χ3n) is 5.23. The molecule has 0 N–H and O–H groups in total. The van der Waals surface area contributed by atoms with Crippen molar-refractivity contribution in [3.63, 3.8) is 0 Å². The van der Waals surface area contributed by atoms with Crippen molar-refractivity contribution in [1.29, 1.82) is 0 Å². The van der Waals surface area contributed by atoms with E-state index in [0.29, 0.717) is 19.0 Å². The van der Waals surface area contributed by atoms with Crippen molar-refractivity contribution in [2.45, 2.75) is 18.3 Å². The van der Waals surface area contributed by atoms with Crippen LogP contribution in [-0.2, 0) is 9.47 Å². The van der Waals surface area contributed by atoms with Crippen LogP contribution < -0.4 is 9.64 Å². The molecule has 3 heterocycles. The number of pyridine rings is 1. The van der Waals surface area contributed by atoms with E-state index in [1.165, 1.54) is 12.1 Å². The minimum Gasteiger partial charge on any atom is -0.486 e. The number of hydrogen-bond acceptors (Lipinski definition) is 5. The smallest absolute Gasteiger partial charge is 0.145 e. The van der Waals surface area contributed by atoms with Crippen LogP contribution in [0, 0.1) is 5.82 Å². The number of benzene rings is 2. The van der Waals surface area contributed by atoms with Gasteiger partial charge in [-0.2, -0.15) is 0 Å². The molecule has 3 aromatic rings. The highest BCUT2D eigenvalue weighted by atomic mass is 19.1. The Hall–Kier alpha value is -2.70. The van der Waals surface area contributed by atoms with E-state index in [4.69, 9.17) is 19.2 Å². The third-order valence-corrected chi connectivity index (χ3v) is 5.23. The lowest BCUT2D eigenvalue weighted by atomic mass is 10.2. The first-order valence-electron chi connectivity index (χ1n) is 9.51. The molecule has 5 nitrogen and oxygen atoms in total. The van der Waals surface area contributed by atoms with E-state index in [0.717, 1.165) is 29.8 Å². The molecule has 2 atom stereocenters. The maximum atomic E-state index is 13.0. The van der Waals surface area contributed by atoms with Gasteiger partial charge in [-0.15, -0.1) is 0 Å². The van der Waals surface area contributed by atoms with Crippen LogP contribution in [0.1, 0.15) is 0 Å². The zero-order valence-electron chi connectivity index (χ0n) is 15.3. The van der Waals surface area contributed by atoms with Gasteiger partial charge in [0.05, 0.1) is 18.7 Å². The van der Waals surface area contributed by atoms with Gasteiger partial charge in [-0.1, -0.05) is 18.2 Å². The summed E-state index contributed by atoms with van der Waals surface area (Å²) in [5, 5.41) is 1.13. The number of para-hydroxylation sites is 1. The van der Waals surface area contributed by atoms with E-state index in [-0.39, 0.29) is 24.1 Å². The lowest BCUT2D eigenvalue weighted by Crippen LogP contribution is -2.29. The Morgan fingerprint density at radius 3 is 2.36 bits per heavy atom. The van der Waals surface area contributed by atoms with Crippen LogP contribution in [0.4, 0.5) is 10.2 Å². The zero-order chi connectivity index (χ0) is 18.9. The molecule has 0 unspecified atom stereocenters. The normalized spacial score (nSPS) is 22.8. The highest BCUT2D eigenvalue weighted by Crippen LogP contribution is 2.27. The molecule has 5 rings (SSSR count). The molecule has 2 saturated heterocycles. The number of rotatable bonds is 3. The molecule has 144 valence electrons. The predicted octanol–water partition coefficient (Wildman–Crippen LogP) is 3.43. The molecule has 0 radical (unpaired) electrons. The van der Waals surface area contributed by atoms with Crippen LogP contribution in [0.5, 0.6) is 5.75 Å². The number of anilines is 1. The van der Waals surface area contributed by atoms with E-state index in [2.05, 4.69) is 17.0 Å². The molecule has 0 spiro atoms. The molecule has 28 heavy (non-hydrogen) atoms. The standard InChI is InChI=1S/C22H21FN2O3/c23-16-6-8-17(9-7-16)28-18-13-26-20-11-25(12-21(20)27-14-18)22-10-5-15-3-1-2-4-19(15)24-22/h1-10,18,20-21H,11-14H2/t20-,21-/m0/s1. The summed E-state index contributed by atoms with van der Waals surface area (Å²) < 4.78 is 31.1. The van der Waals surface area contributed by atoms with E-state index in [1.807, 2.05) is 24.3 Å². The Bertz CT molecular complexity index is 949. The number of fused-ring (bicyclic) bond motifs is 2. The molecule has 2 aromatic carbocycles. The van der Waals surface area contributed by atoms with Gasteiger partial charge in [0.25, 0.3) is 0 Å². The van der Waals surface area contributed by atoms with Crippen molar-refractivity contribution < 1.29 is 18.6 Å². The number of aromatic nitrogens is 1. The quantitative estimate of drug-likeness (QED) is 0.697. The molecular formula is C22H21FN2O3. The number of ether oxygens (including phenoxy) is 3. The lowest BCUT2D eigenvalue weighted by Gasteiger charge is -2.20. The fourth-order valence-corrected chi connectivity index (χ4v) is 3.77. The first kappa shape index (κ1) is 17.4. The topological polar surface area (TPSA) is 43.8 Å². The highest BCUT2D eigenvalue weighted by Gasteiger charge is 2.38. The average molecular weight is 380 g/mol. The SMILES string of the molecule is Fc1ccc(OC2CO[C@H]3CN(c4ccc5ccccc5n4)C[C@@H]3OC2)cc1. The van der Waals surface area contributed by atoms with Crippen LogP contribution in [0.25, 0.3) is 10.9 Å². The molecule has 6 heteroatoms. The maximum absolute atomic E-state index is 13.0. The minimum atomic E-state index is -0.280. The van der Waals surface area contributed by atoms with Gasteiger partial charge in [0, 0.05) is 18.5 Å². The fourth-order valence-electron chi connectivity index (χ4n) is 3.77. The van der Waals surface area contributed by atoms with Gasteiger partial charge in [-0.25, -0.2) is 9.37 Å². The second-order valence-corrected chi connectivity index (χ2v) is 7.20. The molecule has 0 aliphatic carbocycles. The largest absolute Gasteiger partial charge is 0.486 e. The summed E-state index contributed by atoms with van der Waals surface area (Å²) in [4.78, 5) is 6.99. The molecule has 0 bridgehead atoms. The van der Waals surface area contributed by atoms with Gasteiger partial charge in [0.1, 0.15) is 35.7 Å². The summed E-state index contributed by atoms with van der Waals surface area (Å²) >= 11 is 0. The van der Waals surface area contributed by atoms with E-state index < -0.39 is 0 Å². The average Bonchev–Trinajstić information content (AvgIpc) is 3.05. The summed E-state index contributed by atoms with van der Waals surface area (Å²) in [5.41, 5.74) is 0.988. The van der Waals surface area contributed by atoms with Crippen LogP contribution in [0.15, 0.2) is 60.7 Å². The van der Waals surface area contributed by atoms with Gasteiger partial charge in [0.2, 0.25) is 0 Å². The Morgan fingerprint density at radius 2 is 1.61 bits per heavy atom. The Balaban J connectivity index is 1.23. The molecule has 2 aliphatic heterocycles. The Morgan fingerprint density at radius 1 is 0.893 bits per heavy atom. The zero-order valence-corrected chi connectivity index (χ0v) is 15.3. The second kappa shape index (κ2) is 7.37. The number of nitrogens with zero attached hydrogens (tertiary/aromatic N) is 2. The maximum Gasteiger partial charge on any atom is 0.145 e. The van der Waals surface area contributed by atoms with E-state index >= 15 is 0 Å². The van der Waals surface area contributed by atoms with Gasteiger partial charge < -0.3 is 19.1 Å². The molecule has 2 aliphatic rings. The molecule has 2 fully saturated rings. The van der Waals surface area contributed by atoms with Gasteiger partial charge >= 0.3 is 0 Å². The summed E-state index contributed by atoms with van der Waals surface area (Å²) in [6.07, 6.45) is -0.242. The minimum absolute atomic E-state index is 0.0184. The van der Waals surface area contributed by atoms with Gasteiger partial charge in [-0.3, -0.25) is 0 Å². The molecule has 0 saturated carbocycles.